The van der Waals surface area contributed by atoms with E-state index in [4.69, 9.17) is 9.73 Å². The second-order valence-electron chi connectivity index (χ2n) is 8.96. The number of carbonyl (C=O) groups excluding carboxylic acids is 1. The molecule has 1 heterocycles. The Morgan fingerprint density at radius 2 is 1.94 bits per heavy atom. The highest BCUT2D eigenvalue weighted by molar-refractivity contribution is 5.92. The van der Waals surface area contributed by atoms with E-state index < -0.39 is 0 Å². The number of nitrogens with zero attached hydrogens (tertiary/aromatic N) is 2. The highest BCUT2D eigenvalue weighted by Gasteiger charge is 2.21. The van der Waals surface area contributed by atoms with E-state index in [1.165, 1.54) is 38.5 Å². The number of anilines is 1. The Labute approximate surface area is 187 Å². The minimum Gasteiger partial charge on any atom is -0.381 e. The molecule has 1 aromatic rings. The number of hydrogen-bond acceptors (Lipinski definition) is 3. The molecule has 2 aliphatic rings. The standard InChI is InChI=1S/C25H40N4O2/c1-3-26-25(29(2)15-12-20-13-16-31-17-14-20)27-19-21-8-7-11-23(18-21)28-24(30)22-9-5-4-6-10-22/h7-8,11,18,20,22H,3-6,9-10,12-17,19H2,1-2H3,(H,26,27)(H,28,30). The van der Waals surface area contributed by atoms with Crippen molar-refractivity contribution >= 4 is 17.6 Å². The lowest BCUT2D eigenvalue weighted by atomic mass is 9.88. The monoisotopic (exact) mass is 428 g/mol. The van der Waals surface area contributed by atoms with Crippen LogP contribution in [0.25, 0.3) is 0 Å². The van der Waals surface area contributed by atoms with Crippen molar-refractivity contribution in [3.63, 3.8) is 0 Å². The molecule has 0 atom stereocenters. The van der Waals surface area contributed by atoms with Gasteiger partial charge in [0, 0.05) is 45.0 Å². The Hall–Kier alpha value is -2.08. The molecule has 2 N–H and O–H groups in total. The zero-order valence-electron chi connectivity index (χ0n) is 19.4. The van der Waals surface area contributed by atoms with Crippen LogP contribution in [0.2, 0.25) is 0 Å². The summed E-state index contributed by atoms with van der Waals surface area (Å²) in [5, 5.41) is 6.53. The van der Waals surface area contributed by atoms with Gasteiger partial charge in [0.2, 0.25) is 5.91 Å². The van der Waals surface area contributed by atoms with Crippen molar-refractivity contribution in [1.82, 2.24) is 10.2 Å². The van der Waals surface area contributed by atoms with Gasteiger partial charge in [0.1, 0.15) is 0 Å². The van der Waals surface area contributed by atoms with E-state index in [1.807, 2.05) is 12.1 Å². The Kier molecular flexibility index (Phi) is 9.66. The van der Waals surface area contributed by atoms with Crippen LogP contribution in [-0.4, -0.2) is 50.1 Å². The van der Waals surface area contributed by atoms with Crippen LogP contribution in [0.5, 0.6) is 0 Å². The number of amides is 1. The second kappa shape index (κ2) is 12.7. The summed E-state index contributed by atoms with van der Waals surface area (Å²) in [5.74, 6) is 2.02. The molecule has 0 unspecified atom stereocenters. The van der Waals surface area contributed by atoms with Gasteiger partial charge in [0.15, 0.2) is 5.96 Å². The maximum atomic E-state index is 12.6. The number of aliphatic imine (C=N–C) groups is 1. The van der Waals surface area contributed by atoms with Gasteiger partial charge in [-0.2, -0.15) is 0 Å². The van der Waals surface area contributed by atoms with Crippen molar-refractivity contribution in [1.29, 1.82) is 0 Å². The van der Waals surface area contributed by atoms with E-state index in [2.05, 4.69) is 41.6 Å². The fraction of sp³-hybridized carbons (Fsp3) is 0.680. The average molecular weight is 429 g/mol. The summed E-state index contributed by atoms with van der Waals surface area (Å²) in [6.07, 6.45) is 9.14. The summed E-state index contributed by atoms with van der Waals surface area (Å²) in [7, 11) is 2.11. The Bertz CT molecular complexity index is 709. The maximum absolute atomic E-state index is 12.6. The second-order valence-corrected chi connectivity index (χ2v) is 8.96. The number of ether oxygens (including phenoxy) is 1. The predicted molar refractivity (Wildman–Crippen MR) is 127 cm³/mol. The highest BCUT2D eigenvalue weighted by Crippen LogP contribution is 2.25. The van der Waals surface area contributed by atoms with Gasteiger partial charge in [-0.25, -0.2) is 4.99 Å². The van der Waals surface area contributed by atoms with E-state index in [9.17, 15) is 4.79 Å². The summed E-state index contributed by atoms with van der Waals surface area (Å²) in [6, 6.07) is 8.10. The van der Waals surface area contributed by atoms with Gasteiger partial charge in [-0.3, -0.25) is 4.79 Å². The lowest BCUT2D eigenvalue weighted by Crippen LogP contribution is -2.40. The van der Waals surface area contributed by atoms with Crippen LogP contribution in [0, 0.1) is 11.8 Å². The first kappa shape index (κ1) is 23.6. The SMILES string of the molecule is CCNC(=NCc1cccc(NC(=O)C2CCCCC2)c1)N(C)CCC1CCOCC1. The van der Waals surface area contributed by atoms with E-state index in [0.29, 0.717) is 6.54 Å². The molecule has 1 aliphatic heterocycles. The molecule has 1 aromatic carbocycles. The molecule has 31 heavy (non-hydrogen) atoms. The van der Waals surface area contributed by atoms with Gasteiger partial charge in [-0.1, -0.05) is 31.4 Å². The van der Waals surface area contributed by atoms with Gasteiger partial charge in [0.05, 0.1) is 6.54 Å². The van der Waals surface area contributed by atoms with Crippen LogP contribution in [0.3, 0.4) is 0 Å². The molecule has 172 valence electrons. The van der Waals surface area contributed by atoms with Gasteiger partial charge in [0.25, 0.3) is 0 Å². The third-order valence-electron chi connectivity index (χ3n) is 6.49. The van der Waals surface area contributed by atoms with E-state index in [1.54, 1.807) is 0 Å². The molecule has 0 radical (unpaired) electrons. The smallest absolute Gasteiger partial charge is 0.227 e. The molecular formula is C25H40N4O2. The lowest BCUT2D eigenvalue weighted by molar-refractivity contribution is -0.120. The molecular weight excluding hydrogens is 388 g/mol. The first-order chi connectivity index (χ1) is 15.2. The molecule has 1 aliphatic carbocycles. The van der Waals surface area contributed by atoms with E-state index in [0.717, 1.165) is 62.3 Å². The van der Waals surface area contributed by atoms with Crippen molar-refractivity contribution in [2.45, 2.75) is 64.8 Å². The molecule has 0 spiro atoms. The third-order valence-corrected chi connectivity index (χ3v) is 6.49. The molecule has 0 bridgehead atoms. The molecule has 6 nitrogen and oxygen atoms in total. The molecule has 1 saturated heterocycles. The maximum Gasteiger partial charge on any atom is 0.227 e. The van der Waals surface area contributed by atoms with Crippen LogP contribution in [-0.2, 0) is 16.1 Å². The first-order valence-corrected chi connectivity index (χ1v) is 12.1. The molecule has 6 heteroatoms. The van der Waals surface area contributed by atoms with Crippen LogP contribution in [0.1, 0.15) is 63.9 Å². The topological polar surface area (TPSA) is 66.0 Å². The molecule has 1 saturated carbocycles. The molecule has 2 fully saturated rings. The summed E-state index contributed by atoms with van der Waals surface area (Å²) in [5.41, 5.74) is 1.98. The van der Waals surface area contributed by atoms with Gasteiger partial charge < -0.3 is 20.3 Å². The normalized spacial score (nSPS) is 18.6. The number of guanidine groups is 1. The zero-order valence-corrected chi connectivity index (χ0v) is 19.4. The quantitative estimate of drug-likeness (QED) is 0.475. The van der Waals surface area contributed by atoms with Crippen LogP contribution in [0.15, 0.2) is 29.3 Å². The molecule has 0 aromatic heterocycles. The Balaban J connectivity index is 1.54. The van der Waals surface area contributed by atoms with Crippen LogP contribution in [0.4, 0.5) is 5.69 Å². The minimum atomic E-state index is 0.167. The Morgan fingerprint density at radius 1 is 1.16 bits per heavy atom. The van der Waals surface area contributed by atoms with Crippen LogP contribution < -0.4 is 10.6 Å². The van der Waals surface area contributed by atoms with Gasteiger partial charge in [-0.15, -0.1) is 0 Å². The summed E-state index contributed by atoms with van der Waals surface area (Å²) >= 11 is 0. The minimum absolute atomic E-state index is 0.167. The number of nitrogens with one attached hydrogen (secondary N) is 2. The van der Waals surface area contributed by atoms with Crippen molar-refractivity contribution in [3.8, 4) is 0 Å². The summed E-state index contributed by atoms with van der Waals surface area (Å²) in [6.45, 7) is 6.33. The van der Waals surface area contributed by atoms with Gasteiger partial charge in [-0.05, 0) is 62.6 Å². The summed E-state index contributed by atoms with van der Waals surface area (Å²) in [4.78, 5) is 19.6. The van der Waals surface area contributed by atoms with E-state index in [-0.39, 0.29) is 11.8 Å². The molecule has 3 rings (SSSR count). The average Bonchev–Trinajstić information content (AvgIpc) is 2.81. The van der Waals surface area contributed by atoms with E-state index >= 15 is 0 Å². The fourth-order valence-electron chi connectivity index (χ4n) is 4.51. The number of carbonyl (C=O) groups is 1. The lowest BCUT2D eigenvalue weighted by Gasteiger charge is -2.27. The van der Waals surface area contributed by atoms with Crippen molar-refractivity contribution in [3.05, 3.63) is 29.8 Å². The largest absolute Gasteiger partial charge is 0.381 e. The highest BCUT2D eigenvalue weighted by atomic mass is 16.5. The van der Waals surface area contributed by atoms with Crippen molar-refractivity contribution in [2.75, 3.05) is 38.7 Å². The van der Waals surface area contributed by atoms with Crippen molar-refractivity contribution in [2.24, 2.45) is 16.8 Å². The zero-order chi connectivity index (χ0) is 21.9. The number of rotatable bonds is 8. The van der Waals surface area contributed by atoms with Gasteiger partial charge >= 0.3 is 0 Å². The fourth-order valence-corrected chi connectivity index (χ4v) is 4.51. The third kappa shape index (κ3) is 7.84. The number of benzene rings is 1. The van der Waals surface area contributed by atoms with Crippen molar-refractivity contribution < 1.29 is 9.53 Å². The number of hydrogen-bond donors (Lipinski definition) is 2. The summed E-state index contributed by atoms with van der Waals surface area (Å²) < 4.78 is 5.47. The molecule has 1 amide bonds. The van der Waals surface area contributed by atoms with Crippen LogP contribution >= 0.6 is 0 Å². The Morgan fingerprint density at radius 3 is 2.68 bits per heavy atom. The predicted octanol–water partition coefficient (Wildman–Crippen LogP) is 4.42. The first-order valence-electron chi connectivity index (χ1n) is 12.1.